The molecule has 0 unspecified atom stereocenters. The molecule has 3 heteroatoms. The fourth-order valence-electron chi connectivity index (χ4n) is 2.24. The second-order valence-electron chi connectivity index (χ2n) is 5.84. The number of carboxylic acid groups (broad SMARTS) is 1. The van der Waals surface area contributed by atoms with E-state index in [2.05, 4.69) is 19.9 Å². The van der Waals surface area contributed by atoms with Gasteiger partial charge in [-0.05, 0) is 69.7 Å². The number of ether oxygens (including phenoxy) is 1. The molecule has 0 spiro atoms. The van der Waals surface area contributed by atoms with Gasteiger partial charge >= 0.3 is 5.97 Å². The Morgan fingerprint density at radius 3 is 2.32 bits per heavy atom. The van der Waals surface area contributed by atoms with E-state index in [1.54, 1.807) is 21.0 Å². The van der Waals surface area contributed by atoms with Crippen LogP contribution in [0.3, 0.4) is 0 Å². The number of benzene rings is 1. The molecular weight excluding hydrogens is 240 g/mol. The molecule has 0 amide bonds. The number of hydrogen-bond acceptors (Lipinski definition) is 2. The van der Waals surface area contributed by atoms with E-state index in [0.717, 1.165) is 23.3 Å². The molecule has 1 rings (SSSR count). The predicted octanol–water partition coefficient (Wildman–Crippen LogP) is 3.66. The standard InChI is InChI=1S/C16H24O3/c1-10-9-11(2)13(14(19-6)12(10)3)7-8-16(4,5)15(17)18/h9H,7-8H2,1-6H3,(H,17,18). The summed E-state index contributed by atoms with van der Waals surface area (Å²) in [6, 6.07) is 2.14. The third-order valence-corrected chi connectivity index (χ3v) is 3.90. The first-order valence-corrected chi connectivity index (χ1v) is 6.57. The second-order valence-corrected chi connectivity index (χ2v) is 5.84. The summed E-state index contributed by atoms with van der Waals surface area (Å²) in [5, 5.41) is 9.18. The topological polar surface area (TPSA) is 46.5 Å². The van der Waals surface area contributed by atoms with Crippen LogP contribution >= 0.6 is 0 Å². The molecule has 0 radical (unpaired) electrons. The van der Waals surface area contributed by atoms with Gasteiger partial charge in [0, 0.05) is 0 Å². The maximum absolute atomic E-state index is 11.2. The van der Waals surface area contributed by atoms with Crippen molar-refractivity contribution in [3.63, 3.8) is 0 Å². The summed E-state index contributed by atoms with van der Waals surface area (Å²) in [6.07, 6.45) is 1.32. The molecule has 3 nitrogen and oxygen atoms in total. The molecule has 0 saturated heterocycles. The van der Waals surface area contributed by atoms with Crippen LogP contribution in [0, 0.1) is 26.2 Å². The molecule has 0 atom stereocenters. The van der Waals surface area contributed by atoms with Crippen LogP contribution in [0.5, 0.6) is 5.75 Å². The van der Waals surface area contributed by atoms with Crippen LogP contribution in [-0.2, 0) is 11.2 Å². The van der Waals surface area contributed by atoms with Crippen LogP contribution in [0.25, 0.3) is 0 Å². The van der Waals surface area contributed by atoms with E-state index in [-0.39, 0.29) is 0 Å². The highest BCUT2D eigenvalue weighted by atomic mass is 16.5. The zero-order chi connectivity index (χ0) is 14.8. The summed E-state index contributed by atoms with van der Waals surface area (Å²) < 4.78 is 5.52. The molecule has 0 saturated carbocycles. The van der Waals surface area contributed by atoms with Gasteiger partial charge in [-0.2, -0.15) is 0 Å². The van der Waals surface area contributed by atoms with Crippen molar-refractivity contribution >= 4 is 5.97 Å². The van der Waals surface area contributed by atoms with Crippen LogP contribution in [0.1, 0.15) is 42.5 Å². The number of aliphatic carboxylic acids is 1. The van der Waals surface area contributed by atoms with Gasteiger partial charge < -0.3 is 9.84 Å². The molecule has 1 N–H and O–H groups in total. The average Bonchev–Trinajstić information content (AvgIpc) is 2.31. The Kier molecular flexibility index (Phi) is 4.61. The molecule has 0 fully saturated rings. The van der Waals surface area contributed by atoms with Crippen molar-refractivity contribution in [1.29, 1.82) is 0 Å². The summed E-state index contributed by atoms with van der Waals surface area (Å²) in [6.45, 7) is 9.68. The minimum absolute atomic E-state index is 0.599. The second kappa shape index (κ2) is 5.64. The van der Waals surface area contributed by atoms with Gasteiger partial charge in [0.15, 0.2) is 0 Å². The van der Waals surface area contributed by atoms with E-state index in [1.165, 1.54) is 11.1 Å². The van der Waals surface area contributed by atoms with Gasteiger partial charge in [-0.15, -0.1) is 0 Å². The van der Waals surface area contributed by atoms with Crippen molar-refractivity contribution < 1.29 is 14.6 Å². The molecule has 0 aromatic heterocycles. The molecule has 19 heavy (non-hydrogen) atoms. The van der Waals surface area contributed by atoms with Gasteiger partial charge in [-0.25, -0.2) is 0 Å². The van der Waals surface area contributed by atoms with Crippen LogP contribution in [-0.4, -0.2) is 18.2 Å². The zero-order valence-corrected chi connectivity index (χ0v) is 12.8. The lowest BCUT2D eigenvalue weighted by atomic mass is 9.84. The van der Waals surface area contributed by atoms with Crippen molar-refractivity contribution in [3.8, 4) is 5.75 Å². The maximum atomic E-state index is 11.2. The quantitative estimate of drug-likeness (QED) is 0.882. The lowest BCUT2D eigenvalue weighted by molar-refractivity contribution is -0.147. The Balaban J connectivity index is 3.08. The van der Waals surface area contributed by atoms with E-state index in [1.807, 2.05) is 6.92 Å². The fraction of sp³-hybridized carbons (Fsp3) is 0.562. The number of rotatable bonds is 5. The van der Waals surface area contributed by atoms with Gasteiger partial charge in [0.2, 0.25) is 0 Å². The normalized spacial score (nSPS) is 11.5. The first-order valence-electron chi connectivity index (χ1n) is 6.57. The van der Waals surface area contributed by atoms with Crippen molar-refractivity contribution in [3.05, 3.63) is 28.3 Å². The highest BCUT2D eigenvalue weighted by Gasteiger charge is 2.27. The molecule has 0 aliphatic heterocycles. The summed E-state index contributed by atoms with van der Waals surface area (Å²) >= 11 is 0. The third kappa shape index (κ3) is 3.28. The Morgan fingerprint density at radius 2 is 1.84 bits per heavy atom. The maximum Gasteiger partial charge on any atom is 0.309 e. The van der Waals surface area contributed by atoms with E-state index in [9.17, 15) is 9.90 Å². The van der Waals surface area contributed by atoms with Gasteiger partial charge in [0.1, 0.15) is 5.75 Å². The highest BCUT2D eigenvalue weighted by Crippen LogP contribution is 2.33. The van der Waals surface area contributed by atoms with Crippen LogP contribution in [0.4, 0.5) is 0 Å². The number of carboxylic acids is 1. The van der Waals surface area contributed by atoms with Crippen molar-refractivity contribution in [1.82, 2.24) is 0 Å². The van der Waals surface area contributed by atoms with Crippen LogP contribution < -0.4 is 4.74 Å². The molecular formula is C16H24O3. The molecule has 0 aliphatic carbocycles. The summed E-state index contributed by atoms with van der Waals surface area (Å²) in [5.41, 5.74) is 3.92. The van der Waals surface area contributed by atoms with Crippen molar-refractivity contribution in [2.45, 2.75) is 47.5 Å². The van der Waals surface area contributed by atoms with E-state index >= 15 is 0 Å². The number of hydrogen-bond donors (Lipinski definition) is 1. The summed E-state index contributed by atoms with van der Waals surface area (Å²) in [4.78, 5) is 11.2. The summed E-state index contributed by atoms with van der Waals surface area (Å²) in [7, 11) is 1.67. The van der Waals surface area contributed by atoms with Crippen molar-refractivity contribution in [2.75, 3.05) is 7.11 Å². The Morgan fingerprint density at radius 1 is 1.26 bits per heavy atom. The number of methoxy groups -OCH3 is 1. The van der Waals surface area contributed by atoms with Gasteiger partial charge in [-0.1, -0.05) is 6.07 Å². The first-order chi connectivity index (χ1) is 8.70. The lowest BCUT2D eigenvalue weighted by Crippen LogP contribution is -2.24. The minimum atomic E-state index is -0.757. The lowest BCUT2D eigenvalue weighted by Gasteiger charge is -2.22. The smallest absolute Gasteiger partial charge is 0.309 e. The van der Waals surface area contributed by atoms with Gasteiger partial charge in [-0.3, -0.25) is 4.79 Å². The number of carbonyl (C=O) groups is 1. The number of aryl methyl sites for hydroxylation is 2. The molecule has 0 aliphatic rings. The van der Waals surface area contributed by atoms with E-state index in [0.29, 0.717) is 6.42 Å². The largest absolute Gasteiger partial charge is 0.496 e. The van der Waals surface area contributed by atoms with Gasteiger partial charge in [0.25, 0.3) is 0 Å². The minimum Gasteiger partial charge on any atom is -0.496 e. The molecule has 0 heterocycles. The molecule has 106 valence electrons. The Hall–Kier alpha value is -1.51. The molecule has 1 aromatic carbocycles. The Labute approximate surface area is 115 Å². The highest BCUT2D eigenvalue weighted by molar-refractivity contribution is 5.73. The molecule has 0 bridgehead atoms. The Bertz CT molecular complexity index is 487. The van der Waals surface area contributed by atoms with E-state index in [4.69, 9.17) is 4.74 Å². The van der Waals surface area contributed by atoms with Gasteiger partial charge in [0.05, 0.1) is 12.5 Å². The zero-order valence-electron chi connectivity index (χ0n) is 12.8. The fourth-order valence-corrected chi connectivity index (χ4v) is 2.24. The SMILES string of the molecule is COc1c(C)c(C)cc(C)c1CCC(C)(C)C(=O)O. The molecule has 1 aromatic rings. The average molecular weight is 264 g/mol. The monoisotopic (exact) mass is 264 g/mol. The first kappa shape index (κ1) is 15.5. The van der Waals surface area contributed by atoms with Crippen LogP contribution in [0.15, 0.2) is 6.07 Å². The van der Waals surface area contributed by atoms with Crippen molar-refractivity contribution in [2.24, 2.45) is 5.41 Å². The predicted molar refractivity (Wildman–Crippen MR) is 76.9 cm³/mol. The van der Waals surface area contributed by atoms with E-state index < -0.39 is 11.4 Å². The third-order valence-electron chi connectivity index (χ3n) is 3.90. The van der Waals surface area contributed by atoms with Crippen LogP contribution in [0.2, 0.25) is 0 Å². The summed E-state index contributed by atoms with van der Waals surface area (Å²) in [5.74, 6) is 0.145.